The highest BCUT2D eigenvalue weighted by Gasteiger charge is 2.22. The summed E-state index contributed by atoms with van der Waals surface area (Å²) in [5, 5.41) is 0. The molecule has 2 aromatic rings. The van der Waals surface area contributed by atoms with E-state index in [2.05, 4.69) is 67.0 Å². The quantitative estimate of drug-likeness (QED) is 0.887. The Kier molecular flexibility index (Phi) is 4.12. The van der Waals surface area contributed by atoms with Gasteiger partial charge < -0.3 is 5.73 Å². The molecule has 1 nitrogen and oxygen atoms in total. The number of nitrogens with two attached hydrogens (primary N) is 1. The minimum Gasteiger partial charge on any atom is -0.321 e. The van der Waals surface area contributed by atoms with Gasteiger partial charge in [0.05, 0.1) is 0 Å². The Morgan fingerprint density at radius 2 is 1.68 bits per heavy atom. The van der Waals surface area contributed by atoms with Gasteiger partial charge in [-0.3, -0.25) is 0 Å². The molecule has 0 fully saturated rings. The second-order valence-electron chi connectivity index (χ2n) is 5.53. The lowest BCUT2D eigenvalue weighted by atomic mass is 9.85. The van der Waals surface area contributed by atoms with Gasteiger partial charge in [-0.15, -0.1) is 0 Å². The Morgan fingerprint density at radius 3 is 2.32 bits per heavy atom. The standard InChI is InChI=1S/C17H20BrN/c1-12-4-5-13(2)14(10-12)11-17(3,19)15-6-8-16(18)9-7-15/h4-10H,11,19H2,1-3H3. The molecule has 0 radical (unpaired) electrons. The molecule has 0 aliphatic heterocycles. The molecule has 2 N–H and O–H groups in total. The highest BCUT2D eigenvalue weighted by atomic mass is 79.9. The Balaban J connectivity index is 2.30. The van der Waals surface area contributed by atoms with Crippen LogP contribution in [0, 0.1) is 13.8 Å². The maximum absolute atomic E-state index is 6.52. The number of hydrogen-bond acceptors (Lipinski definition) is 1. The summed E-state index contributed by atoms with van der Waals surface area (Å²) >= 11 is 3.46. The van der Waals surface area contributed by atoms with E-state index < -0.39 is 0 Å². The van der Waals surface area contributed by atoms with Gasteiger partial charge in [-0.05, 0) is 56.0 Å². The molecule has 0 aliphatic carbocycles. The fraction of sp³-hybridized carbons (Fsp3) is 0.294. The molecule has 0 spiro atoms. The van der Waals surface area contributed by atoms with Crippen molar-refractivity contribution in [2.75, 3.05) is 0 Å². The molecule has 0 heterocycles. The van der Waals surface area contributed by atoms with Gasteiger partial charge >= 0.3 is 0 Å². The summed E-state index contributed by atoms with van der Waals surface area (Å²) in [6.45, 7) is 6.36. The van der Waals surface area contributed by atoms with Gasteiger partial charge in [0.25, 0.3) is 0 Å². The molecular weight excluding hydrogens is 298 g/mol. The van der Waals surface area contributed by atoms with Crippen LogP contribution in [0.15, 0.2) is 46.9 Å². The van der Waals surface area contributed by atoms with E-state index in [4.69, 9.17) is 5.73 Å². The zero-order valence-electron chi connectivity index (χ0n) is 11.7. The third-order valence-corrected chi connectivity index (χ3v) is 4.09. The van der Waals surface area contributed by atoms with E-state index in [0.717, 1.165) is 16.5 Å². The van der Waals surface area contributed by atoms with E-state index in [1.165, 1.54) is 16.7 Å². The first-order valence-corrected chi connectivity index (χ1v) is 7.29. The van der Waals surface area contributed by atoms with Gasteiger partial charge in [0, 0.05) is 10.0 Å². The van der Waals surface area contributed by atoms with Crippen molar-refractivity contribution in [1.82, 2.24) is 0 Å². The van der Waals surface area contributed by atoms with Crippen LogP contribution in [-0.4, -0.2) is 0 Å². The molecule has 0 saturated heterocycles. The second kappa shape index (κ2) is 5.48. The molecule has 0 aliphatic rings. The van der Waals surface area contributed by atoms with Crippen LogP contribution < -0.4 is 5.73 Å². The Morgan fingerprint density at radius 1 is 1.05 bits per heavy atom. The molecule has 0 saturated carbocycles. The number of hydrogen-bond donors (Lipinski definition) is 1. The molecule has 19 heavy (non-hydrogen) atoms. The van der Waals surface area contributed by atoms with E-state index >= 15 is 0 Å². The topological polar surface area (TPSA) is 26.0 Å². The van der Waals surface area contributed by atoms with Crippen molar-refractivity contribution in [1.29, 1.82) is 0 Å². The van der Waals surface area contributed by atoms with Gasteiger partial charge in [-0.25, -0.2) is 0 Å². The lowest BCUT2D eigenvalue weighted by Gasteiger charge is -2.26. The van der Waals surface area contributed by atoms with Crippen LogP contribution in [0.2, 0.25) is 0 Å². The summed E-state index contributed by atoms with van der Waals surface area (Å²) in [4.78, 5) is 0. The van der Waals surface area contributed by atoms with Gasteiger partial charge in [-0.2, -0.15) is 0 Å². The fourth-order valence-corrected chi connectivity index (χ4v) is 2.58. The molecule has 0 amide bonds. The lowest BCUT2D eigenvalue weighted by molar-refractivity contribution is 0.490. The van der Waals surface area contributed by atoms with Crippen LogP contribution in [-0.2, 0) is 12.0 Å². The molecule has 1 atom stereocenters. The van der Waals surface area contributed by atoms with Crippen molar-refractivity contribution in [2.45, 2.75) is 32.7 Å². The summed E-state index contributed by atoms with van der Waals surface area (Å²) in [5.41, 5.74) is 11.3. The maximum atomic E-state index is 6.52. The first-order chi connectivity index (χ1) is 8.88. The van der Waals surface area contributed by atoms with Crippen LogP contribution in [0.1, 0.15) is 29.2 Å². The second-order valence-corrected chi connectivity index (χ2v) is 6.45. The van der Waals surface area contributed by atoms with Crippen LogP contribution in [0.25, 0.3) is 0 Å². The number of rotatable bonds is 3. The first-order valence-electron chi connectivity index (χ1n) is 6.49. The van der Waals surface area contributed by atoms with Crippen LogP contribution in [0.4, 0.5) is 0 Å². The predicted molar refractivity (Wildman–Crippen MR) is 85.3 cm³/mol. The smallest absolute Gasteiger partial charge is 0.0421 e. The average molecular weight is 318 g/mol. The van der Waals surface area contributed by atoms with Crippen molar-refractivity contribution in [2.24, 2.45) is 5.73 Å². The van der Waals surface area contributed by atoms with Crippen molar-refractivity contribution < 1.29 is 0 Å². The van der Waals surface area contributed by atoms with Crippen LogP contribution in [0.5, 0.6) is 0 Å². The molecule has 100 valence electrons. The lowest BCUT2D eigenvalue weighted by Crippen LogP contribution is -2.35. The van der Waals surface area contributed by atoms with E-state index in [0.29, 0.717) is 0 Å². The molecule has 0 aromatic heterocycles. The number of benzene rings is 2. The van der Waals surface area contributed by atoms with Crippen molar-refractivity contribution >= 4 is 15.9 Å². The minimum absolute atomic E-state index is 0.348. The summed E-state index contributed by atoms with van der Waals surface area (Å²) < 4.78 is 1.08. The highest BCUT2D eigenvalue weighted by molar-refractivity contribution is 9.10. The third-order valence-electron chi connectivity index (χ3n) is 3.57. The predicted octanol–water partition coefficient (Wildman–Crippen LogP) is 4.48. The maximum Gasteiger partial charge on any atom is 0.0421 e. The molecule has 0 bridgehead atoms. The minimum atomic E-state index is -0.348. The summed E-state index contributed by atoms with van der Waals surface area (Å²) in [6.07, 6.45) is 0.849. The monoisotopic (exact) mass is 317 g/mol. The molecule has 2 rings (SSSR count). The fourth-order valence-electron chi connectivity index (χ4n) is 2.32. The van der Waals surface area contributed by atoms with Gasteiger partial charge in [0.2, 0.25) is 0 Å². The highest BCUT2D eigenvalue weighted by Crippen LogP contribution is 2.26. The number of aryl methyl sites for hydroxylation is 2. The Bertz CT molecular complexity index is 570. The number of halogens is 1. The van der Waals surface area contributed by atoms with Gasteiger partial charge in [-0.1, -0.05) is 51.8 Å². The third kappa shape index (κ3) is 3.46. The molecule has 2 aromatic carbocycles. The normalized spacial score (nSPS) is 14.2. The van der Waals surface area contributed by atoms with Gasteiger partial charge in [0.1, 0.15) is 0 Å². The van der Waals surface area contributed by atoms with E-state index in [9.17, 15) is 0 Å². The summed E-state index contributed by atoms with van der Waals surface area (Å²) in [7, 11) is 0. The van der Waals surface area contributed by atoms with Crippen LogP contribution >= 0.6 is 15.9 Å². The van der Waals surface area contributed by atoms with Crippen molar-refractivity contribution in [3.8, 4) is 0 Å². The SMILES string of the molecule is Cc1ccc(C)c(CC(C)(N)c2ccc(Br)cc2)c1. The summed E-state index contributed by atoms with van der Waals surface area (Å²) in [6, 6.07) is 14.8. The average Bonchev–Trinajstić information content (AvgIpc) is 2.34. The Labute approximate surface area is 124 Å². The molecule has 1 unspecified atom stereocenters. The molecule has 2 heteroatoms. The zero-order chi connectivity index (χ0) is 14.0. The van der Waals surface area contributed by atoms with Crippen molar-refractivity contribution in [3.63, 3.8) is 0 Å². The van der Waals surface area contributed by atoms with E-state index in [-0.39, 0.29) is 5.54 Å². The Hall–Kier alpha value is -1.12. The van der Waals surface area contributed by atoms with Crippen molar-refractivity contribution in [3.05, 3.63) is 69.2 Å². The summed E-state index contributed by atoms with van der Waals surface area (Å²) in [5.74, 6) is 0. The van der Waals surface area contributed by atoms with E-state index in [1.807, 2.05) is 12.1 Å². The van der Waals surface area contributed by atoms with Gasteiger partial charge in [0.15, 0.2) is 0 Å². The molecular formula is C17H20BrN. The van der Waals surface area contributed by atoms with Crippen LogP contribution in [0.3, 0.4) is 0 Å². The first kappa shape index (κ1) is 14.3. The largest absolute Gasteiger partial charge is 0.321 e. The van der Waals surface area contributed by atoms with E-state index in [1.54, 1.807) is 0 Å². The zero-order valence-corrected chi connectivity index (χ0v) is 13.3.